The number of hydrogen-bond donors (Lipinski definition) is 1. The maximum Gasteiger partial charge on any atom is 0.0816 e. The number of likely N-dealkylation sites (tertiary alicyclic amines) is 1. The highest BCUT2D eigenvalue weighted by Crippen LogP contribution is 2.25. The zero-order chi connectivity index (χ0) is 14.4. The molecule has 0 spiro atoms. The first-order valence-corrected chi connectivity index (χ1v) is 8.21. The highest BCUT2D eigenvalue weighted by atomic mass is 32.1. The van der Waals surface area contributed by atoms with E-state index in [-0.39, 0.29) is 5.92 Å². The maximum absolute atomic E-state index is 6.01. The Morgan fingerprint density at radius 1 is 1.35 bits per heavy atom. The summed E-state index contributed by atoms with van der Waals surface area (Å²) in [6.07, 6.45) is 6.54. The topological polar surface area (TPSA) is 29.3 Å². The van der Waals surface area contributed by atoms with Crippen molar-refractivity contribution in [3.8, 4) is 0 Å². The van der Waals surface area contributed by atoms with Crippen LogP contribution in [0.15, 0.2) is 30.3 Å². The first-order valence-electron chi connectivity index (χ1n) is 7.80. The Morgan fingerprint density at radius 3 is 2.75 bits per heavy atom. The summed E-state index contributed by atoms with van der Waals surface area (Å²) in [5.41, 5.74) is 7.26. The Labute approximate surface area is 128 Å². The van der Waals surface area contributed by atoms with Gasteiger partial charge in [0.2, 0.25) is 0 Å². The Morgan fingerprint density at radius 2 is 2.10 bits per heavy atom. The van der Waals surface area contributed by atoms with E-state index >= 15 is 0 Å². The molecule has 0 amide bonds. The number of nitrogens with two attached hydrogens (primary N) is 1. The predicted octanol–water partition coefficient (Wildman–Crippen LogP) is 3.71. The molecule has 110 valence electrons. The van der Waals surface area contributed by atoms with E-state index in [0.717, 1.165) is 6.54 Å². The van der Waals surface area contributed by atoms with Gasteiger partial charge in [-0.2, -0.15) is 0 Å². The molecule has 0 bridgehead atoms. The van der Waals surface area contributed by atoms with Gasteiger partial charge in [0.25, 0.3) is 0 Å². The van der Waals surface area contributed by atoms with Crippen LogP contribution in [-0.4, -0.2) is 29.0 Å². The third-order valence-electron chi connectivity index (χ3n) is 4.33. The van der Waals surface area contributed by atoms with Gasteiger partial charge in [0.15, 0.2) is 0 Å². The smallest absolute Gasteiger partial charge is 0.0816 e. The fourth-order valence-corrected chi connectivity index (χ4v) is 3.45. The molecule has 1 aromatic carbocycles. The summed E-state index contributed by atoms with van der Waals surface area (Å²) in [6.45, 7) is 4.44. The van der Waals surface area contributed by atoms with Crippen LogP contribution in [0.4, 0.5) is 0 Å². The van der Waals surface area contributed by atoms with Crippen molar-refractivity contribution < 1.29 is 0 Å². The normalized spacial score (nSPS) is 21.6. The Kier molecular flexibility index (Phi) is 5.99. The SMILES string of the molecule is CCCC1CCCCN1CC(C(N)=S)c1ccccc1. The van der Waals surface area contributed by atoms with E-state index in [1.807, 2.05) is 6.07 Å². The Balaban J connectivity index is 2.09. The molecular formula is C17H26N2S. The van der Waals surface area contributed by atoms with E-state index in [4.69, 9.17) is 18.0 Å². The van der Waals surface area contributed by atoms with Crippen LogP contribution in [-0.2, 0) is 0 Å². The van der Waals surface area contributed by atoms with Crippen LogP contribution in [0.1, 0.15) is 50.5 Å². The van der Waals surface area contributed by atoms with Crippen molar-refractivity contribution in [3.05, 3.63) is 35.9 Å². The van der Waals surface area contributed by atoms with Crippen molar-refractivity contribution >= 4 is 17.2 Å². The average Bonchev–Trinajstić information content (AvgIpc) is 2.47. The molecule has 2 N–H and O–H groups in total. The largest absolute Gasteiger partial charge is 0.393 e. The molecule has 0 aliphatic carbocycles. The molecule has 1 heterocycles. The van der Waals surface area contributed by atoms with Gasteiger partial charge in [0, 0.05) is 18.5 Å². The lowest BCUT2D eigenvalue weighted by atomic mass is 9.93. The van der Waals surface area contributed by atoms with Crippen LogP contribution in [0.3, 0.4) is 0 Å². The zero-order valence-electron chi connectivity index (χ0n) is 12.4. The van der Waals surface area contributed by atoms with Crippen molar-refractivity contribution in [3.63, 3.8) is 0 Å². The van der Waals surface area contributed by atoms with Crippen LogP contribution in [0.2, 0.25) is 0 Å². The highest BCUT2D eigenvalue weighted by molar-refractivity contribution is 7.80. The lowest BCUT2D eigenvalue weighted by molar-refractivity contribution is 0.138. The lowest BCUT2D eigenvalue weighted by Gasteiger charge is -2.38. The quantitative estimate of drug-likeness (QED) is 0.810. The standard InChI is InChI=1S/C17H26N2S/c1-2-8-15-11-6-7-12-19(15)13-16(17(18)20)14-9-4-3-5-10-14/h3-5,9-10,15-16H,2,6-8,11-13H2,1H3,(H2,18,20). The molecule has 0 aromatic heterocycles. The van der Waals surface area contributed by atoms with Gasteiger partial charge in [0.1, 0.15) is 0 Å². The third-order valence-corrected chi connectivity index (χ3v) is 4.62. The second-order valence-corrected chi connectivity index (χ2v) is 6.27. The molecular weight excluding hydrogens is 264 g/mol. The number of thiocarbonyl (C=S) groups is 1. The minimum Gasteiger partial charge on any atom is -0.393 e. The molecule has 2 atom stereocenters. The summed E-state index contributed by atoms with van der Waals surface area (Å²) >= 11 is 5.32. The summed E-state index contributed by atoms with van der Waals surface area (Å²) in [5, 5.41) is 0. The molecule has 1 aromatic rings. The number of piperidine rings is 1. The number of rotatable bonds is 6. The van der Waals surface area contributed by atoms with Gasteiger partial charge in [-0.3, -0.25) is 4.90 Å². The van der Waals surface area contributed by atoms with Crippen molar-refractivity contribution in [2.24, 2.45) is 5.73 Å². The fraction of sp³-hybridized carbons (Fsp3) is 0.588. The predicted molar refractivity (Wildman–Crippen MR) is 90.1 cm³/mol. The third kappa shape index (κ3) is 4.03. The molecule has 1 fully saturated rings. The number of benzene rings is 1. The van der Waals surface area contributed by atoms with E-state index in [1.54, 1.807) is 0 Å². The average molecular weight is 290 g/mol. The summed E-state index contributed by atoms with van der Waals surface area (Å²) in [6, 6.07) is 11.2. The summed E-state index contributed by atoms with van der Waals surface area (Å²) in [7, 11) is 0. The van der Waals surface area contributed by atoms with Crippen LogP contribution >= 0.6 is 12.2 Å². The van der Waals surface area contributed by atoms with Crippen LogP contribution in [0.5, 0.6) is 0 Å². The second kappa shape index (κ2) is 7.75. The molecule has 0 radical (unpaired) electrons. The Hall–Kier alpha value is -0.930. The van der Waals surface area contributed by atoms with E-state index in [2.05, 4.69) is 36.1 Å². The Bertz CT molecular complexity index is 416. The summed E-state index contributed by atoms with van der Waals surface area (Å²) < 4.78 is 0. The summed E-state index contributed by atoms with van der Waals surface area (Å²) in [4.78, 5) is 3.24. The fourth-order valence-electron chi connectivity index (χ4n) is 3.24. The lowest BCUT2D eigenvalue weighted by Crippen LogP contribution is -2.43. The molecule has 20 heavy (non-hydrogen) atoms. The highest BCUT2D eigenvalue weighted by Gasteiger charge is 2.26. The van der Waals surface area contributed by atoms with Gasteiger partial charge in [0.05, 0.1) is 4.99 Å². The minimum atomic E-state index is 0.184. The van der Waals surface area contributed by atoms with Gasteiger partial charge in [-0.25, -0.2) is 0 Å². The van der Waals surface area contributed by atoms with Crippen molar-refractivity contribution in [2.75, 3.05) is 13.1 Å². The van der Waals surface area contributed by atoms with Gasteiger partial charge in [-0.1, -0.05) is 62.3 Å². The monoisotopic (exact) mass is 290 g/mol. The van der Waals surface area contributed by atoms with Crippen LogP contribution in [0.25, 0.3) is 0 Å². The molecule has 3 heteroatoms. The molecule has 2 rings (SSSR count). The van der Waals surface area contributed by atoms with Crippen LogP contribution < -0.4 is 5.73 Å². The first kappa shape index (κ1) is 15.5. The number of hydrogen-bond acceptors (Lipinski definition) is 2. The van der Waals surface area contributed by atoms with E-state index in [9.17, 15) is 0 Å². The van der Waals surface area contributed by atoms with E-state index in [1.165, 1.54) is 44.2 Å². The molecule has 1 aliphatic heterocycles. The molecule has 1 aliphatic rings. The molecule has 2 unspecified atom stereocenters. The molecule has 0 saturated carbocycles. The van der Waals surface area contributed by atoms with E-state index in [0.29, 0.717) is 11.0 Å². The van der Waals surface area contributed by atoms with Crippen LogP contribution in [0, 0.1) is 0 Å². The zero-order valence-corrected chi connectivity index (χ0v) is 13.2. The van der Waals surface area contributed by atoms with Crippen molar-refractivity contribution in [1.29, 1.82) is 0 Å². The van der Waals surface area contributed by atoms with Crippen molar-refractivity contribution in [1.82, 2.24) is 4.90 Å². The summed E-state index contributed by atoms with van der Waals surface area (Å²) in [5.74, 6) is 0.184. The van der Waals surface area contributed by atoms with Gasteiger partial charge >= 0.3 is 0 Å². The molecule has 1 saturated heterocycles. The number of nitrogens with zero attached hydrogens (tertiary/aromatic N) is 1. The molecule has 2 nitrogen and oxygen atoms in total. The van der Waals surface area contributed by atoms with E-state index < -0.39 is 0 Å². The minimum absolute atomic E-state index is 0.184. The van der Waals surface area contributed by atoms with Gasteiger partial charge in [-0.05, 0) is 31.4 Å². The second-order valence-electron chi connectivity index (χ2n) is 5.80. The first-order chi connectivity index (χ1) is 9.72. The van der Waals surface area contributed by atoms with Gasteiger partial charge in [-0.15, -0.1) is 0 Å². The maximum atomic E-state index is 6.01. The van der Waals surface area contributed by atoms with Gasteiger partial charge < -0.3 is 5.73 Å². The van der Waals surface area contributed by atoms with Crippen molar-refractivity contribution in [2.45, 2.75) is 51.0 Å².